The minimum Gasteiger partial charge on any atom is -0.316 e. The second-order valence-corrected chi connectivity index (χ2v) is 5.59. The van der Waals surface area contributed by atoms with Gasteiger partial charge >= 0.3 is 0 Å². The minimum absolute atomic E-state index is 0.0618. The maximum absolute atomic E-state index is 12.5. The number of fused-ring (bicyclic) bond motifs is 3. The van der Waals surface area contributed by atoms with Crippen molar-refractivity contribution in [3.63, 3.8) is 0 Å². The topological polar surface area (TPSA) is 32.3 Å². The molecule has 18 heavy (non-hydrogen) atoms. The van der Waals surface area contributed by atoms with Gasteiger partial charge in [0, 0.05) is 30.1 Å². The highest BCUT2D eigenvalue weighted by Gasteiger charge is 2.42. The maximum Gasteiger partial charge on any atom is 0.229 e. The van der Waals surface area contributed by atoms with Gasteiger partial charge in [0.15, 0.2) is 0 Å². The fourth-order valence-electron chi connectivity index (χ4n) is 3.23. The van der Waals surface area contributed by atoms with Gasteiger partial charge in [0.25, 0.3) is 0 Å². The van der Waals surface area contributed by atoms with Gasteiger partial charge in [0.1, 0.15) is 0 Å². The van der Waals surface area contributed by atoms with Crippen molar-refractivity contribution in [2.45, 2.75) is 32.2 Å². The zero-order valence-corrected chi connectivity index (χ0v) is 11.0. The Labute approximate surface area is 108 Å². The number of amides is 1. The lowest BCUT2D eigenvalue weighted by Gasteiger charge is -2.33. The van der Waals surface area contributed by atoms with Gasteiger partial charge in [-0.1, -0.05) is 32.0 Å². The summed E-state index contributed by atoms with van der Waals surface area (Å²) in [5, 5.41) is 3.45. The van der Waals surface area contributed by atoms with E-state index in [1.165, 1.54) is 5.56 Å². The number of para-hydroxylation sites is 1. The first kappa shape index (κ1) is 11.7. The van der Waals surface area contributed by atoms with Crippen molar-refractivity contribution in [3.8, 4) is 0 Å². The molecule has 0 unspecified atom stereocenters. The number of hydrogen-bond donors (Lipinski definition) is 1. The molecule has 2 atom stereocenters. The molecule has 0 aliphatic carbocycles. The van der Waals surface area contributed by atoms with Crippen LogP contribution in [0, 0.1) is 5.92 Å². The average Bonchev–Trinajstić information content (AvgIpc) is 2.72. The van der Waals surface area contributed by atoms with Gasteiger partial charge in [-0.3, -0.25) is 4.79 Å². The normalized spacial score (nSPS) is 26.1. The third-order valence-electron chi connectivity index (χ3n) is 4.10. The number of piperidine rings is 1. The van der Waals surface area contributed by atoms with E-state index < -0.39 is 0 Å². The van der Waals surface area contributed by atoms with E-state index in [0.717, 1.165) is 25.2 Å². The Bertz CT molecular complexity index is 469. The highest BCUT2D eigenvalue weighted by Crippen LogP contribution is 2.43. The quantitative estimate of drug-likeness (QED) is 0.821. The number of rotatable bonds is 1. The second-order valence-electron chi connectivity index (χ2n) is 5.59. The van der Waals surface area contributed by atoms with Crippen molar-refractivity contribution in [1.82, 2.24) is 5.32 Å². The van der Waals surface area contributed by atoms with Crippen molar-refractivity contribution in [1.29, 1.82) is 0 Å². The van der Waals surface area contributed by atoms with Crippen molar-refractivity contribution in [2.24, 2.45) is 5.92 Å². The van der Waals surface area contributed by atoms with Gasteiger partial charge in [-0.25, -0.2) is 0 Å². The van der Waals surface area contributed by atoms with Crippen LogP contribution >= 0.6 is 0 Å². The molecule has 2 heterocycles. The van der Waals surface area contributed by atoms with E-state index in [4.69, 9.17) is 0 Å². The molecular weight excluding hydrogens is 224 g/mol. The maximum atomic E-state index is 12.5. The summed E-state index contributed by atoms with van der Waals surface area (Å²) in [6.45, 7) is 5.97. The summed E-state index contributed by atoms with van der Waals surface area (Å²) < 4.78 is 0. The van der Waals surface area contributed by atoms with Crippen LogP contribution in [0.5, 0.6) is 0 Å². The van der Waals surface area contributed by atoms with Gasteiger partial charge in [-0.2, -0.15) is 0 Å². The van der Waals surface area contributed by atoms with Crippen LogP contribution in [0.4, 0.5) is 5.69 Å². The van der Waals surface area contributed by atoms with Gasteiger partial charge in [-0.05, 0) is 24.6 Å². The summed E-state index contributed by atoms with van der Waals surface area (Å²) in [5.74, 6) is 0.793. The van der Waals surface area contributed by atoms with Gasteiger partial charge in [0.05, 0.1) is 0 Å². The molecule has 0 aromatic heterocycles. The Morgan fingerprint density at radius 3 is 2.94 bits per heavy atom. The van der Waals surface area contributed by atoms with E-state index in [2.05, 4.69) is 28.4 Å². The van der Waals surface area contributed by atoms with Crippen LogP contribution in [0.3, 0.4) is 0 Å². The molecule has 2 aliphatic rings. The van der Waals surface area contributed by atoms with E-state index >= 15 is 0 Å². The molecule has 1 saturated heterocycles. The Balaban J connectivity index is 2.04. The van der Waals surface area contributed by atoms with Crippen LogP contribution < -0.4 is 10.2 Å². The van der Waals surface area contributed by atoms with Crippen molar-refractivity contribution in [3.05, 3.63) is 29.8 Å². The molecule has 0 radical (unpaired) electrons. The van der Waals surface area contributed by atoms with Gasteiger partial charge in [-0.15, -0.1) is 0 Å². The number of nitrogens with one attached hydrogen (secondary N) is 1. The SMILES string of the molecule is CC(C)C(=O)N1c2ccccc2[C@@H]2CNCC[C@H]21. The summed E-state index contributed by atoms with van der Waals surface area (Å²) in [4.78, 5) is 14.5. The molecule has 96 valence electrons. The number of carbonyl (C=O) groups excluding carboxylic acids is 1. The van der Waals surface area contributed by atoms with E-state index in [0.29, 0.717) is 12.0 Å². The Morgan fingerprint density at radius 1 is 1.39 bits per heavy atom. The summed E-state index contributed by atoms with van der Waals surface area (Å²) in [6, 6.07) is 8.73. The fraction of sp³-hybridized carbons (Fsp3) is 0.533. The molecule has 3 heteroatoms. The second kappa shape index (κ2) is 4.39. The number of hydrogen-bond acceptors (Lipinski definition) is 2. The minimum atomic E-state index is 0.0618. The van der Waals surface area contributed by atoms with Gasteiger partial charge < -0.3 is 10.2 Å². The molecular formula is C15H20N2O. The summed E-state index contributed by atoms with van der Waals surface area (Å²) >= 11 is 0. The molecule has 1 aromatic rings. The zero-order chi connectivity index (χ0) is 12.7. The highest BCUT2D eigenvalue weighted by molar-refractivity contribution is 5.97. The molecule has 0 bridgehead atoms. The zero-order valence-electron chi connectivity index (χ0n) is 11.0. The predicted molar refractivity (Wildman–Crippen MR) is 72.8 cm³/mol. The molecule has 1 aromatic carbocycles. The highest BCUT2D eigenvalue weighted by atomic mass is 16.2. The molecule has 3 rings (SSSR count). The lowest BCUT2D eigenvalue weighted by molar-refractivity contribution is -0.121. The molecule has 0 spiro atoms. The van der Waals surface area contributed by atoms with Gasteiger partial charge in [0.2, 0.25) is 5.91 Å². The Morgan fingerprint density at radius 2 is 2.17 bits per heavy atom. The van der Waals surface area contributed by atoms with E-state index in [9.17, 15) is 4.79 Å². The van der Waals surface area contributed by atoms with Crippen LogP contribution in [0.25, 0.3) is 0 Å². The predicted octanol–water partition coefficient (Wildman–Crippen LogP) is 2.13. The third kappa shape index (κ3) is 1.65. The smallest absolute Gasteiger partial charge is 0.229 e. The molecule has 1 N–H and O–H groups in total. The van der Waals surface area contributed by atoms with Crippen molar-refractivity contribution in [2.75, 3.05) is 18.0 Å². The summed E-state index contributed by atoms with van der Waals surface area (Å²) in [6.07, 6.45) is 1.05. The third-order valence-corrected chi connectivity index (χ3v) is 4.10. The Kier molecular flexibility index (Phi) is 2.86. The lowest BCUT2D eigenvalue weighted by Crippen LogP contribution is -2.47. The van der Waals surface area contributed by atoms with Crippen LogP contribution in [0.1, 0.15) is 31.7 Å². The number of nitrogens with zero attached hydrogens (tertiary/aromatic N) is 1. The van der Waals surface area contributed by atoms with E-state index in [-0.39, 0.29) is 11.8 Å². The van der Waals surface area contributed by atoms with Crippen LogP contribution in [0.2, 0.25) is 0 Å². The van der Waals surface area contributed by atoms with E-state index in [1.807, 2.05) is 19.9 Å². The molecule has 1 fully saturated rings. The Hall–Kier alpha value is -1.35. The lowest BCUT2D eigenvalue weighted by atomic mass is 9.90. The number of anilines is 1. The average molecular weight is 244 g/mol. The largest absolute Gasteiger partial charge is 0.316 e. The first-order valence-corrected chi connectivity index (χ1v) is 6.83. The monoisotopic (exact) mass is 244 g/mol. The summed E-state index contributed by atoms with van der Waals surface area (Å²) in [7, 11) is 0. The van der Waals surface area contributed by atoms with E-state index in [1.54, 1.807) is 0 Å². The summed E-state index contributed by atoms with van der Waals surface area (Å²) in [5.41, 5.74) is 2.47. The number of benzene rings is 1. The molecule has 3 nitrogen and oxygen atoms in total. The number of carbonyl (C=O) groups is 1. The standard InChI is InChI=1S/C15H20N2O/c1-10(2)15(18)17-13-6-4-3-5-11(13)12-9-16-8-7-14(12)17/h3-6,10,12,14,16H,7-9H2,1-2H3/t12-,14+/m0/s1. The molecule has 2 aliphatic heterocycles. The van der Waals surface area contributed by atoms with Crippen molar-refractivity contribution >= 4 is 11.6 Å². The first-order chi connectivity index (χ1) is 8.70. The van der Waals surface area contributed by atoms with Crippen LogP contribution in [0.15, 0.2) is 24.3 Å². The van der Waals surface area contributed by atoms with Crippen LogP contribution in [-0.4, -0.2) is 25.0 Å². The van der Waals surface area contributed by atoms with Crippen molar-refractivity contribution < 1.29 is 4.79 Å². The van der Waals surface area contributed by atoms with Crippen LogP contribution in [-0.2, 0) is 4.79 Å². The fourth-order valence-corrected chi connectivity index (χ4v) is 3.23. The molecule has 0 saturated carbocycles. The first-order valence-electron chi connectivity index (χ1n) is 6.83. The molecule has 1 amide bonds.